The van der Waals surface area contributed by atoms with E-state index in [0.29, 0.717) is 0 Å². The molecule has 62 valence electrons. The molecule has 0 radical (unpaired) electrons. The van der Waals surface area contributed by atoms with Gasteiger partial charge in [-0.1, -0.05) is 0 Å². The van der Waals surface area contributed by atoms with Crippen LogP contribution in [0.4, 0.5) is 0 Å². The van der Waals surface area contributed by atoms with Gasteiger partial charge in [-0.15, -0.1) is 0 Å². The van der Waals surface area contributed by atoms with Crippen LogP contribution in [0.5, 0.6) is 0 Å². The third-order valence-corrected chi connectivity index (χ3v) is 4.07. The number of aromatic nitrogens is 1. The molecule has 2 heteroatoms. The fourth-order valence-corrected chi connectivity index (χ4v) is 3.24. The predicted molar refractivity (Wildman–Crippen MR) is 41.8 cm³/mol. The predicted octanol–water partition coefficient (Wildman–Crippen LogP) is -1.37. The Bertz CT molecular complexity index is 186. The van der Waals surface area contributed by atoms with E-state index in [1.165, 1.54) is 17.3 Å². The third-order valence-electron chi connectivity index (χ3n) is 1.39. The maximum atomic E-state index is 2.34. The molecule has 0 aliphatic heterocycles. The van der Waals surface area contributed by atoms with Gasteiger partial charge in [0, 0.05) is 0 Å². The first-order chi connectivity index (χ1) is 5.43. The summed E-state index contributed by atoms with van der Waals surface area (Å²) in [4.78, 5) is 0. The molecule has 11 heavy (non-hydrogen) atoms. The summed E-state index contributed by atoms with van der Waals surface area (Å²) in [5, 5.41) is 0. The Morgan fingerprint density at radius 1 is 1.18 bits per heavy atom. The Balaban J connectivity index is 2.28. The van der Waals surface area contributed by atoms with Gasteiger partial charge in [0.1, 0.15) is 0 Å². The van der Waals surface area contributed by atoms with E-state index in [1.54, 1.807) is 0 Å². The second kappa shape index (κ2) is 5.52. The molecule has 1 nitrogen and oxygen atoms in total. The third kappa shape index (κ3) is 3.70. The van der Waals surface area contributed by atoms with Crippen molar-refractivity contribution >= 4 is 0 Å². The molecule has 0 aromatic carbocycles. The molecule has 0 bridgehead atoms. The number of hydrogen-bond donors (Lipinski definition) is 0. The summed E-state index contributed by atoms with van der Waals surface area (Å²) >= 11 is 0.237. The van der Waals surface area contributed by atoms with E-state index < -0.39 is 0 Å². The van der Waals surface area contributed by atoms with Gasteiger partial charge in [0.2, 0.25) is 0 Å². The molecule has 0 aliphatic carbocycles. The summed E-state index contributed by atoms with van der Waals surface area (Å²) in [5.74, 6) is 0. The van der Waals surface area contributed by atoms with Gasteiger partial charge in [0.05, 0.1) is 0 Å². The van der Waals surface area contributed by atoms with Gasteiger partial charge in [0.15, 0.2) is 0 Å². The fourth-order valence-electron chi connectivity index (χ4n) is 0.748. The van der Waals surface area contributed by atoms with Crippen molar-refractivity contribution in [2.75, 3.05) is 4.43 Å². The zero-order valence-corrected chi connectivity index (χ0v) is 8.99. The van der Waals surface area contributed by atoms with E-state index in [0.717, 1.165) is 0 Å². The van der Waals surface area contributed by atoms with E-state index in [4.69, 9.17) is 0 Å². The van der Waals surface area contributed by atoms with Crippen LogP contribution in [-0.2, 0) is 0 Å². The zero-order chi connectivity index (χ0) is 7.94. The normalized spacial score (nSPS) is 10.3. The van der Waals surface area contributed by atoms with Gasteiger partial charge in [-0.05, 0) is 0 Å². The van der Waals surface area contributed by atoms with Crippen molar-refractivity contribution in [3.8, 4) is 0 Å². The van der Waals surface area contributed by atoms with Crippen molar-refractivity contribution in [2.24, 2.45) is 0 Å². The van der Waals surface area contributed by atoms with Crippen molar-refractivity contribution in [3.05, 3.63) is 30.6 Å². The van der Waals surface area contributed by atoms with Crippen LogP contribution in [-0.4, -0.2) is 4.43 Å². The van der Waals surface area contributed by atoms with Crippen LogP contribution in [0, 0.1) is 0 Å². The number of alkyl halides is 1. The Morgan fingerprint density at radius 3 is 2.55 bits per heavy atom. The van der Waals surface area contributed by atoms with Crippen molar-refractivity contribution in [1.82, 2.24) is 0 Å². The summed E-state index contributed by atoms with van der Waals surface area (Å²) in [6.07, 6.45) is 7.05. The minimum absolute atomic E-state index is 0.237. The molecular formula is C9H14IN. The van der Waals surface area contributed by atoms with Crippen LogP contribution in [0.15, 0.2) is 30.6 Å². The first-order valence-corrected chi connectivity index (χ1v) is 6.48. The number of halogens is 1. The standard InChI is InChI=1S/C9H14IN/c1-2-3-7-10-11-8-5-4-6-9-11/h4-6,8-9H,2-3,7H2,1H3. The summed E-state index contributed by atoms with van der Waals surface area (Å²) in [7, 11) is 0. The molecule has 1 aromatic heterocycles. The van der Waals surface area contributed by atoms with Gasteiger partial charge < -0.3 is 0 Å². The molecule has 0 fully saturated rings. The van der Waals surface area contributed by atoms with Crippen molar-refractivity contribution in [3.63, 3.8) is 0 Å². The van der Waals surface area contributed by atoms with E-state index in [2.05, 4.69) is 40.3 Å². The zero-order valence-electron chi connectivity index (χ0n) is 6.83. The Hall–Kier alpha value is -0.120. The molecule has 0 saturated carbocycles. The number of unbranched alkanes of at least 4 members (excludes halogenated alkanes) is 1. The second-order valence-corrected chi connectivity index (χ2v) is 5.26. The average Bonchev–Trinajstić information content (AvgIpc) is 2.07. The summed E-state index contributed by atoms with van der Waals surface area (Å²) < 4.78 is 3.75. The molecule has 1 rings (SSSR count). The maximum absolute atomic E-state index is 2.34. The van der Waals surface area contributed by atoms with Crippen LogP contribution < -0.4 is 24.3 Å². The molecule has 0 saturated heterocycles. The van der Waals surface area contributed by atoms with E-state index in [1.807, 2.05) is 0 Å². The van der Waals surface area contributed by atoms with Crippen molar-refractivity contribution in [2.45, 2.75) is 19.8 Å². The second-order valence-electron chi connectivity index (χ2n) is 2.38. The van der Waals surface area contributed by atoms with Crippen molar-refractivity contribution < 1.29 is 24.3 Å². The fraction of sp³-hybridized carbons (Fsp3) is 0.444. The van der Waals surface area contributed by atoms with Crippen LogP contribution in [0.3, 0.4) is 0 Å². The van der Waals surface area contributed by atoms with Crippen LogP contribution in [0.2, 0.25) is 0 Å². The molecule has 0 aliphatic rings. The summed E-state index contributed by atoms with van der Waals surface area (Å²) in [6.45, 7) is 2.25. The number of pyridine rings is 1. The molecule has 0 atom stereocenters. The molecule has 0 spiro atoms. The summed E-state index contributed by atoms with van der Waals surface area (Å²) in [6, 6.07) is 6.28. The minimum atomic E-state index is 0.237. The Kier molecular flexibility index (Phi) is 4.50. The first-order valence-electron chi connectivity index (χ1n) is 3.99. The monoisotopic (exact) mass is 263 g/mol. The van der Waals surface area contributed by atoms with Crippen molar-refractivity contribution in [1.29, 1.82) is 0 Å². The molecule has 0 N–H and O–H groups in total. The Morgan fingerprint density at radius 2 is 1.91 bits per heavy atom. The Labute approximate surface area is 79.1 Å². The van der Waals surface area contributed by atoms with E-state index >= 15 is 0 Å². The van der Waals surface area contributed by atoms with E-state index in [9.17, 15) is 0 Å². The van der Waals surface area contributed by atoms with Gasteiger partial charge >= 0.3 is 79.0 Å². The van der Waals surface area contributed by atoms with Gasteiger partial charge in [0.25, 0.3) is 0 Å². The van der Waals surface area contributed by atoms with Gasteiger partial charge in [-0.3, -0.25) is 0 Å². The average molecular weight is 263 g/mol. The molecule has 0 amide bonds. The van der Waals surface area contributed by atoms with Crippen LogP contribution in [0.25, 0.3) is 0 Å². The molecule has 1 heterocycles. The van der Waals surface area contributed by atoms with Gasteiger partial charge in [-0.25, -0.2) is 0 Å². The molecule has 0 unspecified atom stereocenters. The summed E-state index contributed by atoms with van der Waals surface area (Å²) in [5.41, 5.74) is 0. The topological polar surface area (TPSA) is 3.88 Å². The molecular weight excluding hydrogens is 249 g/mol. The van der Waals surface area contributed by atoms with E-state index in [-0.39, 0.29) is 21.5 Å². The number of hydrogen-bond acceptors (Lipinski definition) is 0. The number of nitrogens with zero attached hydrogens (tertiary/aromatic N) is 1. The van der Waals surface area contributed by atoms with Crippen LogP contribution in [0.1, 0.15) is 19.8 Å². The molecule has 1 aromatic rings. The first kappa shape index (κ1) is 8.97. The van der Waals surface area contributed by atoms with Crippen LogP contribution >= 0.6 is 0 Å². The van der Waals surface area contributed by atoms with Gasteiger partial charge in [-0.2, -0.15) is 0 Å². The SMILES string of the molecule is CCCC[I-][n+]1ccccc1. The number of rotatable bonds is 4. The quantitative estimate of drug-likeness (QED) is 0.358.